The molecule has 0 radical (unpaired) electrons. The van der Waals surface area contributed by atoms with Crippen LogP contribution < -0.4 is 10.6 Å². The number of anilines is 1. The number of amides is 1. The van der Waals surface area contributed by atoms with E-state index in [1.165, 1.54) is 6.92 Å². The van der Waals surface area contributed by atoms with Gasteiger partial charge in [-0.05, 0) is 11.6 Å². The molecule has 0 heterocycles. The highest BCUT2D eigenvalue weighted by molar-refractivity contribution is 5.89. The van der Waals surface area contributed by atoms with E-state index in [-0.39, 0.29) is 5.91 Å². The van der Waals surface area contributed by atoms with E-state index in [1.807, 2.05) is 24.3 Å². The maximum absolute atomic E-state index is 11.0. The maximum Gasteiger partial charge on any atom is 0.221 e. The number of carbonyl (C=O) groups is 1. The fourth-order valence-corrected chi connectivity index (χ4v) is 1.61. The molecular weight excluding hydrogens is 232 g/mol. The second-order valence-electron chi connectivity index (χ2n) is 4.08. The first-order valence-electron chi connectivity index (χ1n) is 5.86. The third-order valence-electron chi connectivity index (χ3n) is 2.38. The van der Waals surface area contributed by atoms with Gasteiger partial charge in [0.1, 0.15) is 0 Å². The van der Waals surface area contributed by atoms with Crippen LogP contribution >= 0.6 is 0 Å². The van der Waals surface area contributed by atoms with Gasteiger partial charge in [-0.3, -0.25) is 4.79 Å². The van der Waals surface area contributed by atoms with E-state index in [1.54, 1.807) is 7.11 Å². The first kappa shape index (κ1) is 14.6. The van der Waals surface area contributed by atoms with Crippen molar-refractivity contribution in [2.75, 3.05) is 25.6 Å². The summed E-state index contributed by atoms with van der Waals surface area (Å²) < 4.78 is 4.84. The number of carbonyl (C=O) groups excluding carboxylic acids is 1. The van der Waals surface area contributed by atoms with Gasteiger partial charge < -0.3 is 20.5 Å². The average Bonchev–Trinajstić information content (AvgIpc) is 2.31. The minimum atomic E-state index is -0.525. The summed E-state index contributed by atoms with van der Waals surface area (Å²) in [5.74, 6) is -0.0955. The van der Waals surface area contributed by atoms with E-state index in [0.29, 0.717) is 19.7 Å². The van der Waals surface area contributed by atoms with Gasteiger partial charge in [-0.15, -0.1) is 0 Å². The first-order valence-corrected chi connectivity index (χ1v) is 5.86. The molecular formula is C13H20N2O3. The Morgan fingerprint density at radius 3 is 2.83 bits per heavy atom. The van der Waals surface area contributed by atoms with Crippen LogP contribution in [0.1, 0.15) is 12.5 Å². The molecule has 3 N–H and O–H groups in total. The molecule has 100 valence electrons. The third kappa shape index (κ3) is 5.27. The van der Waals surface area contributed by atoms with E-state index in [9.17, 15) is 9.90 Å². The topological polar surface area (TPSA) is 70.6 Å². The Kier molecular flexibility index (Phi) is 6.35. The van der Waals surface area contributed by atoms with Gasteiger partial charge in [0, 0.05) is 32.8 Å². The van der Waals surface area contributed by atoms with Gasteiger partial charge in [-0.2, -0.15) is 0 Å². The number of aliphatic hydroxyl groups is 1. The zero-order valence-electron chi connectivity index (χ0n) is 10.8. The lowest BCUT2D eigenvalue weighted by molar-refractivity contribution is -0.114. The predicted octanol–water partition coefficient (Wildman–Crippen LogP) is 0.742. The van der Waals surface area contributed by atoms with Gasteiger partial charge in [-0.25, -0.2) is 0 Å². The molecule has 1 rings (SSSR count). The highest BCUT2D eigenvalue weighted by atomic mass is 16.5. The van der Waals surface area contributed by atoms with E-state index in [2.05, 4.69) is 10.6 Å². The van der Waals surface area contributed by atoms with Gasteiger partial charge in [0.05, 0.1) is 12.7 Å². The number of para-hydroxylation sites is 1. The molecule has 0 aliphatic carbocycles. The minimum absolute atomic E-state index is 0.0955. The van der Waals surface area contributed by atoms with Crippen LogP contribution in [0.4, 0.5) is 5.69 Å². The van der Waals surface area contributed by atoms with Crippen molar-refractivity contribution < 1.29 is 14.6 Å². The molecule has 1 aromatic carbocycles. The number of aliphatic hydroxyl groups excluding tert-OH is 1. The molecule has 0 spiro atoms. The largest absolute Gasteiger partial charge is 0.389 e. The van der Waals surface area contributed by atoms with Gasteiger partial charge in [0.15, 0.2) is 0 Å². The molecule has 0 aliphatic heterocycles. The van der Waals surface area contributed by atoms with Crippen LogP contribution in [0.15, 0.2) is 24.3 Å². The molecule has 0 saturated carbocycles. The van der Waals surface area contributed by atoms with Crippen molar-refractivity contribution in [1.29, 1.82) is 0 Å². The number of hydrogen-bond acceptors (Lipinski definition) is 4. The van der Waals surface area contributed by atoms with Crippen LogP contribution in [0, 0.1) is 0 Å². The van der Waals surface area contributed by atoms with Crippen LogP contribution in [0.3, 0.4) is 0 Å². The van der Waals surface area contributed by atoms with Crippen molar-refractivity contribution in [1.82, 2.24) is 5.32 Å². The Bertz CT molecular complexity index is 382. The molecule has 1 atom stereocenters. The summed E-state index contributed by atoms with van der Waals surface area (Å²) in [6.45, 7) is 2.81. The minimum Gasteiger partial charge on any atom is -0.389 e. The Morgan fingerprint density at radius 2 is 2.17 bits per heavy atom. The molecule has 1 aromatic rings. The summed E-state index contributed by atoms with van der Waals surface area (Å²) in [6.07, 6.45) is -0.525. The molecule has 18 heavy (non-hydrogen) atoms. The Hall–Kier alpha value is -1.43. The summed E-state index contributed by atoms with van der Waals surface area (Å²) in [5.41, 5.74) is 1.77. The van der Waals surface area contributed by atoms with E-state index >= 15 is 0 Å². The number of rotatable bonds is 7. The quantitative estimate of drug-likeness (QED) is 0.669. The molecule has 1 amide bonds. The van der Waals surface area contributed by atoms with Crippen molar-refractivity contribution in [3.63, 3.8) is 0 Å². The van der Waals surface area contributed by atoms with Crippen LogP contribution in [0.5, 0.6) is 0 Å². The highest BCUT2D eigenvalue weighted by Crippen LogP contribution is 2.14. The van der Waals surface area contributed by atoms with Gasteiger partial charge in [0.2, 0.25) is 5.91 Å². The van der Waals surface area contributed by atoms with E-state index in [4.69, 9.17) is 4.74 Å². The molecule has 5 heteroatoms. The van der Waals surface area contributed by atoms with E-state index in [0.717, 1.165) is 11.3 Å². The predicted molar refractivity (Wildman–Crippen MR) is 70.3 cm³/mol. The monoisotopic (exact) mass is 252 g/mol. The lowest BCUT2D eigenvalue weighted by atomic mass is 10.1. The van der Waals surface area contributed by atoms with Crippen LogP contribution in [-0.4, -0.2) is 37.4 Å². The lowest BCUT2D eigenvalue weighted by Gasteiger charge is -2.13. The van der Waals surface area contributed by atoms with E-state index < -0.39 is 6.10 Å². The van der Waals surface area contributed by atoms with Crippen LogP contribution in [-0.2, 0) is 16.1 Å². The summed E-state index contributed by atoms with van der Waals surface area (Å²) >= 11 is 0. The fraction of sp³-hybridized carbons (Fsp3) is 0.462. The zero-order chi connectivity index (χ0) is 13.4. The molecule has 0 bridgehead atoms. The van der Waals surface area contributed by atoms with Crippen molar-refractivity contribution >= 4 is 11.6 Å². The third-order valence-corrected chi connectivity index (χ3v) is 2.38. The van der Waals surface area contributed by atoms with Gasteiger partial charge >= 0.3 is 0 Å². The molecule has 0 saturated heterocycles. The standard InChI is InChI=1S/C13H20N2O3/c1-10(16)15-13-6-4-3-5-11(13)7-14-8-12(17)9-18-2/h3-6,12,14,17H,7-9H2,1-2H3,(H,15,16). The lowest BCUT2D eigenvalue weighted by Crippen LogP contribution is -2.30. The van der Waals surface area contributed by atoms with Gasteiger partial charge in [0.25, 0.3) is 0 Å². The zero-order valence-corrected chi connectivity index (χ0v) is 10.8. The summed E-state index contributed by atoms with van der Waals surface area (Å²) in [7, 11) is 1.55. The smallest absolute Gasteiger partial charge is 0.221 e. The van der Waals surface area contributed by atoms with Gasteiger partial charge in [-0.1, -0.05) is 18.2 Å². The molecule has 0 fully saturated rings. The molecule has 5 nitrogen and oxygen atoms in total. The van der Waals surface area contributed by atoms with Crippen LogP contribution in [0.2, 0.25) is 0 Å². The molecule has 1 unspecified atom stereocenters. The summed E-state index contributed by atoms with van der Waals surface area (Å²) in [4.78, 5) is 11.0. The van der Waals surface area contributed by atoms with Crippen molar-refractivity contribution in [2.45, 2.75) is 19.6 Å². The Balaban J connectivity index is 2.48. The highest BCUT2D eigenvalue weighted by Gasteiger charge is 2.05. The van der Waals surface area contributed by atoms with Crippen molar-refractivity contribution in [3.05, 3.63) is 29.8 Å². The normalized spacial score (nSPS) is 12.2. The first-order chi connectivity index (χ1) is 8.63. The molecule has 0 aliphatic rings. The number of benzene rings is 1. The maximum atomic E-state index is 11.0. The number of nitrogens with one attached hydrogen (secondary N) is 2. The Morgan fingerprint density at radius 1 is 1.44 bits per heavy atom. The van der Waals surface area contributed by atoms with Crippen molar-refractivity contribution in [3.8, 4) is 0 Å². The fourth-order valence-electron chi connectivity index (χ4n) is 1.61. The number of methoxy groups -OCH3 is 1. The average molecular weight is 252 g/mol. The SMILES string of the molecule is COCC(O)CNCc1ccccc1NC(C)=O. The van der Waals surface area contributed by atoms with Crippen molar-refractivity contribution in [2.24, 2.45) is 0 Å². The summed E-state index contributed by atoms with van der Waals surface area (Å²) in [6, 6.07) is 7.56. The number of hydrogen-bond donors (Lipinski definition) is 3. The molecule has 0 aromatic heterocycles. The second kappa shape index (κ2) is 7.81. The number of ether oxygens (including phenoxy) is 1. The summed E-state index contributed by atoms with van der Waals surface area (Å²) in [5, 5.41) is 15.4. The second-order valence-corrected chi connectivity index (χ2v) is 4.08. The Labute approximate surface area is 107 Å². The van der Waals surface area contributed by atoms with Crippen LogP contribution in [0.25, 0.3) is 0 Å².